The number of carbonyl (C=O) groups is 1. The lowest BCUT2D eigenvalue weighted by molar-refractivity contribution is -0.296. The fourth-order valence-electron chi connectivity index (χ4n) is 4.43. The van der Waals surface area contributed by atoms with E-state index in [2.05, 4.69) is 0 Å². The number of ether oxygens (including phenoxy) is 4. The predicted molar refractivity (Wildman–Crippen MR) is 102 cm³/mol. The number of rotatable bonds is 7. The first-order valence-corrected chi connectivity index (χ1v) is 10.5. The van der Waals surface area contributed by atoms with Gasteiger partial charge >= 0.3 is 5.97 Å². The van der Waals surface area contributed by atoms with Crippen LogP contribution in [0.2, 0.25) is 0 Å². The second-order valence-corrected chi connectivity index (χ2v) is 8.76. The first kappa shape index (κ1) is 24.2. The van der Waals surface area contributed by atoms with Crippen molar-refractivity contribution in [3.8, 4) is 0 Å². The molecule has 6 N–H and O–H groups in total. The topological polar surface area (TPSA) is 175 Å². The highest BCUT2D eigenvalue weighted by Crippen LogP contribution is 2.47. The molecule has 1 saturated carbocycles. The van der Waals surface area contributed by atoms with Gasteiger partial charge in [0.05, 0.1) is 18.6 Å². The minimum atomic E-state index is -1.61. The van der Waals surface area contributed by atoms with Crippen molar-refractivity contribution in [3.05, 3.63) is 12.0 Å². The smallest absolute Gasteiger partial charge is 0.309 e. The van der Waals surface area contributed by atoms with Crippen LogP contribution in [0.3, 0.4) is 0 Å². The molecule has 0 spiro atoms. The molecule has 178 valence electrons. The SMILES string of the molecule is CC(C)CC(=O)O[C@@H]1OC=C(O[C@@H]2O[C@H](CO)[C@@H](O)[C@@H](O)[C@H]2O)[C@H]2C[C@H](O)[C@H](CO)[C@@H]12. The van der Waals surface area contributed by atoms with E-state index in [0.29, 0.717) is 0 Å². The largest absolute Gasteiger partial charge is 0.463 e. The molecule has 1 saturated heterocycles. The van der Waals surface area contributed by atoms with Gasteiger partial charge in [0.2, 0.25) is 12.6 Å². The molecule has 2 heterocycles. The normalized spacial score (nSPS) is 42.5. The Kier molecular flexibility index (Phi) is 7.79. The van der Waals surface area contributed by atoms with E-state index < -0.39 is 73.4 Å². The van der Waals surface area contributed by atoms with Crippen LogP contribution in [-0.2, 0) is 23.7 Å². The third-order valence-electron chi connectivity index (χ3n) is 6.08. The molecule has 11 heteroatoms. The number of aliphatic hydroxyl groups excluding tert-OH is 6. The number of aliphatic hydroxyl groups is 6. The summed E-state index contributed by atoms with van der Waals surface area (Å²) < 4.78 is 22.1. The Morgan fingerprint density at radius 1 is 1.10 bits per heavy atom. The van der Waals surface area contributed by atoms with Crippen molar-refractivity contribution in [1.29, 1.82) is 0 Å². The minimum Gasteiger partial charge on any atom is -0.463 e. The lowest BCUT2D eigenvalue weighted by Gasteiger charge is -2.42. The van der Waals surface area contributed by atoms with E-state index in [1.165, 1.54) is 6.26 Å². The molecule has 31 heavy (non-hydrogen) atoms. The second kappa shape index (κ2) is 9.99. The van der Waals surface area contributed by atoms with E-state index in [1.54, 1.807) is 0 Å². The summed E-state index contributed by atoms with van der Waals surface area (Å²) in [6.07, 6.45) is -7.70. The van der Waals surface area contributed by atoms with E-state index in [0.717, 1.165) is 0 Å². The second-order valence-electron chi connectivity index (χ2n) is 8.76. The quantitative estimate of drug-likeness (QED) is 0.242. The van der Waals surface area contributed by atoms with Crippen LogP contribution in [0.25, 0.3) is 0 Å². The predicted octanol–water partition coefficient (Wildman–Crippen LogP) is -1.80. The molecule has 0 aromatic rings. The highest BCUT2D eigenvalue weighted by molar-refractivity contribution is 5.69. The Labute approximate surface area is 179 Å². The van der Waals surface area contributed by atoms with Crippen LogP contribution in [0.4, 0.5) is 0 Å². The molecule has 1 aliphatic carbocycles. The van der Waals surface area contributed by atoms with E-state index in [4.69, 9.17) is 18.9 Å². The van der Waals surface area contributed by atoms with Crippen molar-refractivity contribution in [2.75, 3.05) is 13.2 Å². The van der Waals surface area contributed by atoms with Crippen LogP contribution < -0.4 is 0 Å². The zero-order chi connectivity index (χ0) is 22.9. The summed E-state index contributed by atoms with van der Waals surface area (Å²) in [6.45, 7) is 2.77. The van der Waals surface area contributed by atoms with Gasteiger partial charge in [-0.05, 0) is 12.3 Å². The lowest BCUT2D eigenvalue weighted by Crippen LogP contribution is -2.59. The Bertz CT molecular complexity index is 651. The number of fused-ring (bicyclic) bond motifs is 1. The van der Waals surface area contributed by atoms with Gasteiger partial charge in [-0.3, -0.25) is 4.79 Å². The van der Waals surface area contributed by atoms with Crippen molar-refractivity contribution >= 4 is 5.97 Å². The summed E-state index contributed by atoms with van der Waals surface area (Å²) in [6, 6.07) is 0. The van der Waals surface area contributed by atoms with Crippen molar-refractivity contribution in [2.24, 2.45) is 23.7 Å². The van der Waals surface area contributed by atoms with Gasteiger partial charge in [0.25, 0.3) is 0 Å². The molecule has 0 unspecified atom stereocenters. The third kappa shape index (κ3) is 4.98. The van der Waals surface area contributed by atoms with Crippen LogP contribution in [-0.4, -0.2) is 92.9 Å². The molecule has 3 rings (SSSR count). The summed E-state index contributed by atoms with van der Waals surface area (Å²) in [4.78, 5) is 12.2. The highest BCUT2D eigenvalue weighted by Gasteiger charge is 2.54. The molecule has 11 nitrogen and oxygen atoms in total. The molecule has 0 amide bonds. The molecule has 0 radical (unpaired) electrons. The summed E-state index contributed by atoms with van der Waals surface area (Å²) in [5, 5.41) is 59.7. The third-order valence-corrected chi connectivity index (χ3v) is 6.08. The maximum Gasteiger partial charge on any atom is 0.309 e. The molecule has 10 atom stereocenters. The minimum absolute atomic E-state index is 0.0790. The maximum atomic E-state index is 12.2. The summed E-state index contributed by atoms with van der Waals surface area (Å²) in [5.41, 5.74) is 0. The van der Waals surface area contributed by atoms with E-state index in [-0.39, 0.29) is 31.1 Å². The van der Waals surface area contributed by atoms with Crippen LogP contribution >= 0.6 is 0 Å². The van der Waals surface area contributed by atoms with Crippen LogP contribution in [0, 0.1) is 23.7 Å². The zero-order valence-electron chi connectivity index (χ0n) is 17.5. The Morgan fingerprint density at radius 2 is 1.81 bits per heavy atom. The first-order valence-electron chi connectivity index (χ1n) is 10.5. The molecular formula is C20H32O11. The van der Waals surface area contributed by atoms with Gasteiger partial charge in [-0.25, -0.2) is 0 Å². The fourth-order valence-corrected chi connectivity index (χ4v) is 4.43. The molecule has 3 aliphatic rings. The Morgan fingerprint density at radius 3 is 2.42 bits per heavy atom. The van der Waals surface area contributed by atoms with Crippen molar-refractivity contribution in [2.45, 2.75) is 69.8 Å². The summed E-state index contributed by atoms with van der Waals surface area (Å²) in [7, 11) is 0. The van der Waals surface area contributed by atoms with Gasteiger partial charge in [-0.1, -0.05) is 13.8 Å². The highest BCUT2D eigenvalue weighted by atomic mass is 16.7. The maximum absolute atomic E-state index is 12.2. The average Bonchev–Trinajstić information content (AvgIpc) is 3.06. The Balaban J connectivity index is 1.78. The van der Waals surface area contributed by atoms with Gasteiger partial charge in [-0.2, -0.15) is 0 Å². The van der Waals surface area contributed by atoms with Crippen molar-refractivity contribution in [3.63, 3.8) is 0 Å². The molecule has 2 aliphatic heterocycles. The van der Waals surface area contributed by atoms with Gasteiger partial charge in [0.1, 0.15) is 36.4 Å². The molecule has 2 fully saturated rings. The fraction of sp³-hybridized carbons (Fsp3) is 0.850. The molecular weight excluding hydrogens is 416 g/mol. The number of hydrogen-bond acceptors (Lipinski definition) is 11. The van der Waals surface area contributed by atoms with E-state index >= 15 is 0 Å². The average molecular weight is 448 g/mol. The van der Waals surface area contributed by atoms with E-state index in [1.807, 2.05) is 13.8 Å². The monoisotopic (exact) mass is 448 g/mol. The van der Waals surface area contributed by atoms with Crippen molar-refractivity contribution in [1.82, 2.24) is 0 Å². The number of esters is 1. The van der Waals surface area contributed by atoms with Gasteiger partial charge < -0.3 is 49.6 Å². The molecule has 0 bridgehead atoms. The van der Waals surface area contributed by atoms with E-state index in [9.17, 15) is 35.4 Å². The standard InChI is InChI=1S/C20H32O11/c1-8(2)3-14(24)31-19-15-9(4-11(23)10(15)5-21)13(7-28-19)30-20-18(27)17(26)16(25)12(6-22)29-20/h7-12,15-23,25-27H,3-6H2,1-2H3/t9-,10+,11+,12-,15+,16-,17-,18-,19+,20+/m1/s1. The zero-order valence-corrected chi connectivity index (χ0v) is 17.5. The lowest BCUT2D eigenvalue weighted by atomic mass is 9.86. The summed E-state index contributed by atoms with van der Waals surface area (Å²) >= 11 is 0. The van der Waals surface area contributed by atoms with Crippen LogP contribution in [0.1, 0.15) is 26.7 Å². The van der Waals surface area contributed by atoms with Gasteiger partial charge in [-0.15, -0.1) is 0 Å². The number of carbonyl (C=O) groups excluding carboxylic acids is 1. The van der Waals surface area contributed by atoms with Gasteiger partial charge in [0, 0.05) is 24.9 Å². The molecule has 0 aromatic carbocycles. The van der Waals surface area contributed by atoms with Crippen molar-refractivity contribution < 1.29 is 54.4 Å². The van der Waals surface area contributed by atoms with Crippen LogP contribution in [0.15, 0.2) is 12.0 Å². The number of allylic oxidation sites excluding steroid dienone is 1. The van der Waals surface area contributed by atoms with Crippen LogP contribution in [0.5, 0.6) is 0 Å². The first-order chi connectivity index (χ1) is 14.7. The number of hydrogen-bond donors (Lipinski definition) is 6. The molecule has 0 aromatic heterocycles. The van der Waals surface area contributed by atoms with Gasteiger partial charge in [0.15, 0.2) is 0 Å². The summed E-state index contributed by atoms with van der Waals surface area (Å²) in [5.74, 6) is -1.99. The Hall–Kier alpha value is -1.47.